The van der Waals surface area contributed by atoms with Gasteiger partial charge in [0.1, 0.15) is 0 Å². The van der Waals surface area contributed by atoms with E-state index in [-0.39, 0.29) is 0 Å². The molecule has 0 radical (unpaired) electrons. The molecule has 1 rings (SSSR count). The van der Waals surface area contributed by atoms with Gasteiger partial charge in [0.05, 0.1) is 6.04 Å². The molecule has 0 aromatic carbocycles. The Morgan fingerprint density at radius 3 is 2.44 bits per heavy atom. The molecule has 0 spiro atoms. The molecule has 0 amide bonds. The number of hydrogen-bond donors (Lipinski definition) is 1. The molecule has 1 unspecified atom stereocenters. The fourth-order valence-corrected chi connectivity index (χ4v) is 3.26. The number of thiophene rings is 1. The van der Waals surface area contributed by atoms with E-state index < -0.39 is 0 Å². The Kier molecular flexibility index (Phi) is 6.86. The molecule has 0 bridgehead atoms. The fourth-order valence-electron chi connectivity index (χ4n) is 2.19. The number of likely N-dealkylation sites (N-methyl/N-ethyl adjacent to an activating group) is 1. The minimum Gasteiger partial charge on any atom is -0.329 e. The highest BCUT2D eigenvalue weighted by molar-refractivity contribution is 7.10. The quantitative estimate of drug-likeness (QED) is 0.786. The zero-order valence-corrected chi connectivity index (χ0v) is 13.0. The first-order valence-corrected chi connectivity index (χ1v) is 7.61. The monoisotopic (exact) mass is 269 g/mol. The average Bonchev–Trinajstić information content (AvgIpc) is 2.73. The summed E-state index contributed by atoms with van der Waals surface area (Å²) in [4.78, 5) is 6.20. The van der Waals surface area contributed by atoms with Gasteiger partial charge in [-0.05, 0) is 51.0 Å². The lowest BCUT2D eigenvalue weighted by Gasteiger charge is -2.31. The second kappa shape index (κ2) is 7.89. The standard InChI is InChI=1S/C14H27N3S/c1-5-7-17(9-8-16(3)4)13(11-15)14-12(2)6-10-18-14/h6,10,13H,5,7-9,11,15H2,1-4H3. The van der Waals surface area contributed by atoms with Gasteiger partial charge in [0.25, 0.3) is 0 Å². The predicted octanol–water partition coefficient (Wildman–Crippen LogP) is 2.33. The third-order valence-electron chi connectivity index (χ3n) is 3.21. The molecular formula is C14H27N3S. The molecule has 0 aliphatic heterocycles. The van der Waals surface area contributed by atoms with Gasteiger partial charge in [0, 0.05) is 24.5 Å². The van der Waals surface area contributed by atoms with Gasteiger partial charge in [-0.15, -0.1) is 11.3 Å². The van der Waals surface area contributed by atoms with Crippen molar-refractivity contribution in [3.63, 3.8) is 0 Å². The highest BCUT2D eigenvalue weighted by atomic mass is 32.1. The molecule has 104 valence electrons. The van der Waals surface area contributed by atoms with Crippen LogP contribution in [0.5, 0.6) is 0 Å². The second-order valence-corrected chi connectivity index (χ2v) is 6.01. The highest BCUT2D eigenvalue weighted by Crippen LogP contribution is 2.28. The number of hydrogen-bond acceptors (Lipinski definition) is 4. The minimum absolute atomic E-state index is 0.380. The normalized spacial score (nSPS) is 13.5. The van der Waals surface area contributed by atoms with Gasteiger partial charge in [0.2, 0.25) is 0 Å². The lowest BCUT2D eigenvalue weighted by Crippen LogP contribution is -2.38. The average molecular weight is 269 g/mol. The van der Waals surface area contributed by atoms with Crippen molar-refractivity contribution in [3.05, 3.63) is 21.9 Å². The molecule has 3 nitrogen and oxygen atoms in total. The Hall–Kier alpha value is -0.420. The lowest BCUT2D eigenvalue weighted by molar-refractivity contribution is 0.184. The van der Waals surface area contributed by atoms with E-state index in [1.807, 2.05) is 11.3 Å². The summed E-state index contributed by atoms with van der Waals surface area (Å²) >= 11 is 1.84. The summed E-state index contributed by atoms with van der Waals surface area (Å²) in [5.74, 6) is 0. The molecule has 2 N–H and O–H groups in total. The first-order valence-electron chi connectivity index (χ1n) is 6.73. The van der Waals surface area contributed by atoms with Crippen LogP contribution in [-0.4, -0.2) is 50.1 Å². The summed E-state index contributed by atoms with van der Waals surface area (Å²) in [5, 5.41) is 2.17. The Morgan fingerprint density at radius 1 is 1.28 bits per heavy atom. The number of nitrogens with zero attached hydrogens (tertiary/aromatic N) is 2. The van der Waals surface area contributed by atoms with Crippen LogP contribution in [0.3, 0.4) is 0 Å². The molecule has 0 saturated heterocycles. The second-order valence-electron chi connectivity index (χ2n) is 5.06. The largest absolute Gasteiger partial charge is 0.329 e. The van der Waals surface area contributed by atoms with Gasteiger partial charge in [-0.1, -0.05) is 6.92 Å². The maximum atomic E-state index is 6.02. The summed E-state index contributed by atoms with van der Waals surface area (Å²) in [6, 6.07) is 2.57. The molecule has 4 heteroatoms. The van der Waals surface area contributed by atoms with E-state index in [1.54, 1.807) is 0 Å². The SMILES string of the molecule is CCCN(CCN(C)C)C(CN)c1sccc1C. The molecule has 0 aliphatic rings. The van der Waals surface area contributed by atoms with E-state index in [0.717, 1.165) is 19.6 Å². The lowest BCUT2D eigenvalue weighted by atomic mass is 10.1. The Morgan fingerprint density at radius 2 is 2.00 bits per heavy atom. The van der Waals surface area contributed by atoms with Gasteiger partial charge in [0.15, 0.2) is 0 Å². The van der Waals surface area contributed by atoms with E-state index in [2.05, 4.69) is 49.2 Å². The van der Waals surface area contributed by atoms with E-state index >= 15 is 0 Å². The van der Waals surface area contributed by atoms with E-state index in [1.165, 1.54) is 16.9 Å². The summed E-state index contributed by atoms with van der Waals surface area (Å²) in [6.45, 7) is 8.41. The summed E-state index contributed by atoms with van der Waals surface area (Å²) in [5.41, 5.74) is 7.40. The predicted molar refractivity (Wildman–Crippen MR) is 81.3 cm³/mol. The third-order valence-corrected chi connectivity index (χ3v) is 4.33. The molecule has 1 atom stereocenters. The maximum absolute atomic E-state index is 6.02. The van der Waals surface area contributed by atoms with Gasteiger partial charge >= 0.3 is 0 Å². The van der Waals surface area contributed by atoms with Gasteiger partial charge in [-0.25, -0.2) is 0 Å². The molecule has 1 heterocycles. The van der Waals surface area contributed by atoms with Crippen LogP contribution < -0.4 is 5.73 Å². The molecule has 0 aliphatic carbocycles. The summed E-state index contributed by atoms with van der Waals surface area (Å²) < 4.78 is 0. The Bertz CT molecular complexity index is 336. The van der Waals surface area contributed by atoms with Gasteiger partial charge < -0.3 is 10.6 Å². The van der Waals surface area contributed by atoms with E-state index in [9.17, 15) is 0 Å². The summed E-state index contributed by atoms with van der Waals surface area (Å²) in [6.07, 6.45) is 1.17. The van der Waals surface area contributed by atoms with Crippen molar-refractivity contribution >= 4 is 11.3 Å². The maximum Gasteiger partial charge on any atom is 0.0567 e. The minimum atomic E-state index is 0.380. The third kappa shape index (κ3) is 4.35. The molecule has 0 fully saturated rings. The van der Waals surface area contributed by atoms with Crippen molar-refractivity contribution in [2.75, 3.05) is 40.3 Å². The van der Waals surface area contributed by atoms with Crippen molar-refractivity contribution in [2.45, 2.75) is 26.3 Å². The zero-order valence-electron chi connectivity index (χ0n) is 12.1. The van der Waals surface area contributed by atoms with Crippen LogP contribution in [0.2, 0.25) is 0 Å². The van der Waals surface area contributed by atoms with Gasteiger partial charge in [-0.3, -0.25) is 4.90 Å². The first kappa shape index (κ1) is 15.6. The van der Waals surface area contributed by atoms with Crippen molar-refractivity contribution in [2.24, 2.45) is 5.73 Å². The first-order chi connectivity index (χ1) is 8.60. The van der Waals surface area contributed by atoms with Crippen LogP contribution in [0, 0.1) is 6.92 Å². The highest BCUT2D eigenvalue weighted by Gasteiger charge is 2.20. The topological polar surface area (TPSA) is 32.5 Å². The van der Waals surface area contributed by atoms with Gasteiger partial charge in [-0.2, -0.15) is 0 Å². The van der Waals surface area contributed by atoms with Crippen molar-refractivity contribution in [1.29, 1.82) is 0 Å². The molecule has 18 heavy (non-hydrogen) atoms. The summed E-state index contributed by atoms with van der Waals surface area (Å²) in [7, 11) is 4.25. The molecule has 0 saturated carbocycles. The van der Waals surface area contributed by atoms with Crippen molar-refractivity contribution in [1.82, 2.24) is 9.80 Å². The molecule has 1 aromatic heterocycles. The smallest absolute Gasteiger partial charge is 0.0567 e. The van der Waals surface area contributed by atoms with E-state index in [0.29, 0.717) is 12.6 Å². The van der Waals surface area contributed by atoms with Crippen molar-refractivity contribution in [3.8, 4) is 0 Å². The van der Waals surface area contributed by atoms with Crippen LogP contribution in [-0.2, 0) is 0 Å². The van der Waals surface area contributed by atoms with Crippen LogP contribution >= 0.6 is 11.3 Å². The van der Waals surface area contributed by atoms with Crippen LogP contribution in [0.15, 0.2) is 11.4 Å². The van der Waals surface area contributed by atoms with Crippen molar-refractivity contribution < 1.29 is 0 Å². The fraction of sp³-hybridized carbons (Fsp3) is 0.714. The number of aryl methyl sites for hydroxylation is 1. The Labute approximate surface area is 116 Å². The molecular weight excluding hydrogens is 242 g/mol. The van der Waals surface area contributed by atoms with E-state index in [4.69, 9.17) is 5.73 Å². The number of rotatable bonds is 8. The molecule has 1 aromatic rings. The van der Waals surface area contributed by atoms with Crippen LogP contribution in [0.4, 0.5) is 0 Å². The number of nitrogens with two attached hydrogens (primary N) is 1. The Balaban J connectivity index is 2.77. The van der Waals surface area contributed by atoms with Crippen LogP contribution in [0.1, 0.15) is 29.8 Å². The van der Waals surface area contributed by atoms with Crippen LogP contribution in [0.25, 0.3) is 0 Å². The zero-order chi connectivity index (χ0) is 13.5.